The summed E-state index contributed by atoms with van der Waals surface area (Å²) in [6.07, 6.45) is 2.74. The summed E-state index contributed by atoms with van der Waals surface area (Å²) in [6.45, 7) is 6.15. The minimum absolute atomic E-state index is 0.516. The van der Waals surface area contributed by atoms with Crippen molar-refractivity contribution in [2.45, 2.75) is 6.92 Å². The molecule has 1 fully saturated rings. The molecule has 2 N–H and O–H groups in total. The van der Waals surface area contributed by atoms with Crippen LogP contribution in [0.3, 0.4) is 0 Å². The Bertz CT molecular complexity index is 1270. The smallest absolute Gasteiger partial charge is 0.227 e. The maximum Gasteiger partial charge on any atom is 0.227 e. The molecule has 0 radical (unpaired) electrons. The minimum Gasteiger partial charge on any atom is -0.369 e. The summed E-state index contributed by atoms with van der Waals surface area (Å²) in [5, 5.41) is 7.50. The fourth-order valence-electron chi connectivity index (χ4n) is 4.06. The van der Waals surface area contributed by atoms with E-state index in [1.807, 2.05) is 55.5 Å². The molecular weight excluding hydrogens is 458 g/mol. The number of anilines is 5. The molecule has 4 aromatic rings. The van der Waals surface area contributed by atoms with Gasteiger partial charge in [-0.2, -0.15) is 0 Å². The fourth-order valence-corrected chi connectivity index (χ4v) is 5.01. The predicted octanol–water partition coefficient (Wildman–Crippen LogP) is 4.72. The van der Waals surface area contributed by atoms with Crippen LogP contribution in [0.15, 0.2) is 66.9 Å². The number of nitrogens with one attached hydrogen (secondary N) is 2. The summed E-state index contributed by atoms with van der Waals surface area (Å²) in [5.41, 5.74) is 4.87. The first-order valence-electron chi connectivity index (χ1n) is 11.6. The number of aryl methyl sites for hydroxylation is 1. The van der Waals surface area contributed by atoms with Gasteiger partial charge in [-0.15, -0.1) is 0 Å². The summed E-state index contributed by atoms with van der Waals surface area (Å²) in [4.78, 5) is 30.1. The van der Waals surface area contributed by atoms with E-state index in [9.17, 15) is 4.79 Å². The highest BCUT2D eigenvalue weighted by Crippen LogP contribution is 2.33. The Morgan fingerprint density at radius 3 is 2.40 bits per heavy atom. The Hall–Kier alpha value is -3.82. The highest BCUT2D eigenvalue weighted by Gasteiger charge is 2.17. The van der Waals surface area contributed by atoms with Crippen molar-refractivity contribution in [1.82, 2.24) is 19.9 Å². The monoisotopic (exact) mass is 485 g/mol. The minimum atomic E-state index is 0.516. The van der Waals surface area contributed by atoms with Gasteiger partial charge in [0, 0.05) is 49.4 Å². The highest BCUT2D eigenvalue weighted by atomic mass is 32.1. The molecule has 2 aromatic carbocycles. The number of hydrogen-bond acceptors (Lipinski definition) is 9. The van der Waals surface area contributed by atoms with E-state index in [0.717, 1.165) is 65.2 Å². The van der Waals surface area contributed by atoms with E-state index in [1.54, 1.807) is 17.5 Å². The lowest BCUT2D eigenvalue weighted by atomic mass is 10.2. The average Bonchev–Trinajstić information content (AvgIpc) is 3.26. The number of thiazole rings is 1. The van der Waals surface area contributed by atoms with Gasteiger partial charge in [0.05, 0.1) is 22.8 Å². The summed E-state index contributed by atoms with van der Waals surface area (Å²) in [5.74, 6) is 0.545. The number of para-hydroxylation sites is 1. The van der Waals surface area contributed by atoms with Crippen molar-refractivity contribution >= 4 is 45.8 Å². The number of piperazine rings is 1. The van der Waals surface area contributed by atoms with Crippen molar-refractivity contribution in [2.24, 2.45) is 0 Å². The second-order valence-electron chi connectivity index (χ2n) is 8.32. The van der Waals surface area contributed by atoms with Crippen LogP contribution in [0, 0.1) is 6.92 Å². The van der Waals surface area contributed by atoms with Crippen LogP contribution in [0.5, 0.6) is 0 Å². The van der Waals surface area contributed by atoms with Crippen molar-refractivity contribution in [3.05, 3.63) is 72.6 Å². The van der Waals surface area contributed by atoms with Crippen molar-refractivity contribution < 1.29 is 4.79 Å². The van der Waals surface area contributed by atoms with Gasteiger partial charge in [0.25, 0.3) is 0 Å². The van der Waals surface area contributed by atoms with Crippen LogP contribution in [0.25, 0.3) is 10.6 Å². The predicted molar refractivity (Wildman–Crippen MR) is 142 cm³/mol. The molecule has 0 unspecified atom stereocenters. The zero-order chi connectivity index (χ0) is 24.0. The first-order chi connectivity index (χ1) is 17.2. The molecule has 0 atom stereocenters. The van der Waals surface area contributed by atoms with Gasteiger partial charge in [0.2, 0.25) is 5.95 Å². The van der Waals surface area contributed by atoms with Crippen LogP contribution >= 0.6 is 11.3 Å². The number of benzene rings is 2. The number of nitrogens with zero attached hydrogens (tertiary/aromatic N) is 5. The molecule has 0 amide bonds. The van der Waals surface area contributed by atoms with Gasteiger partial charge in [-0.1, -0.05) is 29.5 Å². The zero-order valence-corrected chi connectivity index (χ0v) is 20.3. The summed E-state index contributed by atoms with van der Waals surface area (Å²) in [7, 11) is 0. The Labute approximate surface area is 208 Å². The van der Waals surface area contributed by atoms with Gasteiger partial charge >= 0.3 is 0 Å². The van der Waals surface area contributed by atoms with Crippen LogP contribution < -0.4 is 15.5 Å². The standard InChI is InChI=1S/C26H27N7OS/c1-19-24(35-26(28-19)30-20-5-3-2-4-6-20)23-11-12-27-25(31-23)29-21-7-9-22(10-8-21)33-15-13-32(14-16-33)17-18-34/h2-12,18H,13-17H2,1H3,(H,28,30)(H,27,29,31). The highest BCUT2D eigenvalue weighted by molar-refractivity contribution is 7.19. The van der Waals surface area contributed by atoms with Crippen LogP contribution in [-0.2, 0) is 4.79 Å². The number of carbonyl (C=O) groups is 1. The molecule has 1 aliphatic heterocycles. The van der Waals surface area contributed by atoms with E-state index in [0.29, 0.717) is 12.5 Å². The van der Waals surface area contributed by atoms with Crippen molar-refractivity contribution in [3.8, 4) is 10.6 Å². The third kappa shape index (κ3) is 5.64. The molecule has 0 bridgehead atoms. The topological polar surface area (TPSA) is 86.3 Å². The van der Waals surface area contributed by atoms with Crippen molar-refractivity contribution in [3.63, 3.8) is 0 Å². The second-order valence-corrected chi connectivity index (χ2v) is 9.32. The molecule has 0 saturated carbocycles. The van der Waals surface area contributed by atoms with Crippen molar-refractivity contribution in [1.29, 1.82) is 0 Å². The molecule has 2 aromatic heterocycles. The molecule has 178 valence electrons. The van der Waals surface area contributed by atoms with E-state index < -0.39 is 0 Å². The van der Waals surface area contributed by atoms with Gasteiger partial charge in [-0.25, -0.2) is 15.0 Å². The molecular formula is C26H27N7OS. The summed E-state index contributed by atoms with van der Waals surface area (Å²) in [6, 6.07) is 20.2. The quantitative estimate of drug-likeness (QED) is 0.347. The summed E-state index contributed by atoms with van der Waals surface area (Å²) >= 11 is 1.57. The van der Waals surface area contributed by atoms with Crippen LogP contribution in [0.4, 0.5) is 28.1 Å². The fraction of sp³-hybridized carbons (Fsp3) is 0.231. The van der Waals surface area contributed by atoms with Crippen LogP contribution in [-0.4, -0.2) is 58.9 Å². The van der Waals surface area contributed by atoms with Gasteiger partial charge in [-0.3, -0.25) is 4.90 Å². The van der Waals surface area contributed by atoms with E-state index in [2.05, 4.69) is 42.5 Å². The van der Waals surface area contributed by atoms with E-state index in [-0.39, 0.29) is 0 Å². The maximum absolute atomic E-state index is 10.7. The molecule has 3 heterocycles. The van der Waals surface area contributed by atoms with Crippen LogP contribution in [0.1, 0.15) is 5.69 Å². The number of aromatic nitrogens is 3. The first kappa shape index (κ1) is 22.9. The van der Waals surface area contributed by atoms with Crippen molar-refractivity contribution in [2.75, 3.05) is 48.3 Å². The van der Waals surface area contributed by atoms with E-state index in [4.69, 9.17) is 4.98 Å². The SMILES string of the molecule is Cc1nc(Nc2ccccc2)sc1-c1ccnc(Nc2ccc(N3CCN(CC=O)CC3)cc2)n1. The lowest BCUT2D eigenvalue weighted by molar-refractivity contribution is -0.108. The maximum atomic E-state index is 10.7. The number of carbonyl (C=O) groups excluding carboxylic acids is 1. The normalized spacial score (nSPS) is 14.0. The first-order valence-corrected chi connectivity index (χ1v) is 12.4. The Morgan fingerprint density at radius 2 is 1.66 bits per heavy atom. The Morgan fingerprint density at radius 1 is 0.914 bits per heavy atom. The molecule has 5 rings (SSSR count). The van der Waals surface area contributed by atoms with Gasteiger partial charge in [0.1, 0.15) is 6.29 Å². The molecule has 0 aliphatic carbocycles. The van der Waals surface area contributed by atoms with Gasteiger partial charge < -0.3 is 20.3 Å². The number of aldehydes is 1. The van der Waals surface area contributed by atoms with Gasteiger partial charge in [-0.05, 0) is 49.4 Å². The molecule has 0 spiro atoms. The Balaban J connectivity index is 1.25. The number of rotatable bonds is 8. The van der Waals surface area contributed by atoms with Gasteiger partial charge in [0.15, 0.2) is 5.13 Å². The molecule has 35 heavy (non-hydrogen) atoms. The third-order valence-corrected chi connectivity index (χ3v) is 7.00. The lowest BCUT2D eigenvalue weighted by Gasteiger charge is -2.35. The molecule has 8 nitrogen and oxygen atoms in total. The Kier molecular flexibility index (Phi) is 6.97. The van der Waals surface area contributed by atoms with E-state index >= 15 is 0 Å². The zero-order valence-electron chi connectivity index (χ0n) is 19.5. The third-order valence-electron chi connectivity index (χ3n) is 5.90. The lowest BCUT2D eigenvalue weighted by Crippen LogP contribution is -2.46. The van der Waals surface area contributed by atoms with Crippen LogP contribution in [0.2, 0.25) is 0 Å². The summed E-state index contributed by atoms with van der Waals surface area (Å²) < 4.78 is 0. The molecule has 9 heteroatoms. The number of hydrogen-bond donors (Lipinski definition) is 2. The molecule has 1 saturated heterocycles. The second kappa shape index (κ2) is 10.6. The van der Waals surface area contributed by atoms with E-state index in [1.165, 1.54) is 5.69 Å². The molecule has 1 aliphatic rings. The average molecular weight is 486 g/mol. The largest absolute Gasteiger partial charge is 0.369 e.